The largest absolute Gasteiger partial charge is 0.345 e. The number of pyridine rings is 1. The molecule has 1 aliphatic rings. The van der Waals surface area contributed by atoms with Gasteiger partial charge in [-0.15, -0.1) is 0 Å². The van der Waals surface area contributed by atoms with Gasteiger partial charge in [-0.1, -0.05) is 12.5 Å². The van der Waals surface area contributed by atoms with Crippen molar-refractivity contribution in [3.8, 4) is 0 Å². The highest BCUT2D eigenvalue weighted by Gasteiger charge is 2.18. The van der Waals surface area contributed by atoms with E-state index in [0.29, 0.717) is 12.5 Å². The van der Waals surface area contributed by atoms with Crippen LogP contribution >= 0.6 is 0 Å². The molecule has 2 rings (SSSR count). The SMILES string of the molecule is CN(CCc1cccnc1)C(=O)CC1CCCCN1. The van der Waals surface area contributed by atoms with E-state index in [1.54, 1.807) is 6.20 Å². The molecule has 104 valence electrons. The van der Waals surface area contributed by atoms with Crippen LogP contribution in [0.15, 0.2) is 24.5 Å². The Morgan fingerprint density at radius 3 is 3.11 bits per heavy atom. The fourth-order valence-electron chi connectivity index (χ4n) is 2.43. The Hall–Kier alpha value is -1.42. The lowest BCUT2D eigenvalue weighted by Crippen LogP contribution is -2.39. The predicted molar refractivity (Wildman–Crippen MR) is 75.8 cm³/mol. The molecule has 19 heavy (non-hydrogen) atoms. The maximum Gasteiger partial charge on any atom is 0.223 e. The summed E-state index contributed by atoms with van der Waals surface area (Å²) < 4.78 is 0. The topological polar surface area (TPSA) is 45.2 Å². The van der Waals surface area contributed by atoms with E-state index >= 15 is 0 Å². The van der Waals surface area contributed by atoms with Gasteiger partial charge in [-0.05, 0) is 37.4 Å². The summed E-state index contributed by atoms with van der Waals surface area (Å²) in [6, 6.07) is 4.36. The third-order valence-corrected chi connectivity index (χ3v) is 3.72. The van der Waals surface area contributed by atoms with Gasteiger partial charge in [0.25, 0.3) is 0 Å². The molecule has 1 atom stereocenters. The predicted octanol–water partition coefficient (Wildman–Crippen LogP) is 1.61. The van der Waals surface area contributed by atoms with Crippen molar-refractivity contribution >= 4 is 5.91 Å². The van der Waals surface area contributed by atoms with Crippen LogP contribution in [0.3, 0.4) is 0 Å². The van der Waals surface area contributed by atoms with Gasteiger partial charge in [0.2, 0.25) is 5.91 Å². The first-order chi connectivity index (χ1) is 9.25. The fourth-order valence-corrected chi connectivity index (χ4v) is 2.43. The maximum atomic E-state index is 12.1. The first kappa shape index (κ1) is 14.0. The molecule has 1 aromatic rings. The minimum Gasteiger partial charge on any atom is -0.345 e. The van der Waals surface area contributed by atoms with Gasteiger partial charge in [0.1, 0.15) is 0 Å². The van der Waals surface area contributed by atoms with Gasteiger partial charge in [0.05, 0.1) is 0 Å². The molecule has 1 N–H and O–H groups in total. The van der Waals surface area contributed by atoms with Crippen molar-refractivity contribution in [3.63, 3.8) is 0 Å². The highest BCUT2D eigenvalue weighted by Crippen LogP contribution is 2.11. The lowest BCUT2D eigenvalue weighted by molar-refractivity contribution is -0.130. The van der Waals surface area contributed by atoms with Crippen molar-refractivity contribution in [2.75, 3.05) is 20.1 Å². The molecule has 2 heterocycles. The monoisotopic (exact) mass is 261 g/mol. The summed E-state index contributed by atoms with van der Waals surface area (Å²) in [6.45, 7) is 1.81. The third kappa shape index (κ3) is 4.63. The average Bonchev–Trinajstić information content (AvgIpc) is 2.47. The van der Waals surface area contributed by atoms with Crippen molar-refractivity contribution in [2.24, 2.45) is 0 Å². The van der Waals surface area contributed by atoms with Crippen LogP contribution in [-0.4, -0.2) is 42.0 Å². The molecule has 0 saturated carbocycles. The Bertz CT molecular complexity index is 388. The standard InChI is InChI=1S/C15H23N3O/c1-18(10-7-13-5-4-8-16-12-13)15(19)11-14-6-2-3-9-17-14/h4-5,8,12,14,17H,2-3,6-7,9-11H2,1H3. The summed E-state index contributed by atoms with van der Waals surface area (Å²) in [5.74, 6) is 0.239. The van der Waals surface area contributed by atoms with E-state index in [9.17, 15) is 4.79 Å². The molecule has 0 spiro atoms. The van der Waals surface area contributed by atoms with Crippen LogP contribution in [0, 0.1) is 0 Å². The minimum atomic E-state index is 0.239. The van der Waals surface area contributed by atoms with Crippen LogP contribution in [0.1, 0.15) is 31.2 Å². The molecular weight excluding hydrogens is 238 g/mol. The van der Waals surface area contributed by atoms with Gasteiger partial charge in [-0.25, -0.2) is 0 Å². The lowest BCUT2D eigenvalue weighted by atomic mass is 10.0. The molecule has 1 saturated heterocycles. The summed E-state index contributed by atoms with van der Waals surface area (Å²) in [5.41, 5.74) is 1.18. The quantitative estimate of drug-likeness (QED) is 0.876. The van der Waals surface area contributed by atoms with E-state index in [-0.39, 0.29) is 5.91 Å². The number of piperidine rings is 1. The fraction of sp³-hybridized carbons (Fsp3) is 0.600. The van der Waals surface area contributed by atoms with Crippen LogP contribution in [0.4, 0.5) is 0 Å². The van der Waals surface area contributed by atoms with Crippen molar-refractivity contribution in [3.05, 3.63) is 30.1 Å². The van der Waals surface area contributed by atoms with E-state index in [0.717, 1.165) is 25.9 Å². The molecule has 4 nitrogen and oxygen atoms in total. The number of aromatic nitrogens is 1. The first-order valence-electron chi connectivity index (χ1n) is 7.12. The van der Waals surface area contributed by atoms with Crippen molar-refractivity contribution in [2.45, 2.75) is 38.1 Å². The van der Waals surface area contributed by atoms with Gasteiger partial charge in [-0.2, -0.15) is 0 Å². The second kappa shape index (κ2) is 7.24. The minimum absolute atomic E-state index is 0.239. The molecule has 1 aliphatic heterocycles. The molecule has 1 amide bonds. The van der Waals surface area contributed by atoms with Gasteiger partial charge in [0, 0.05) is 38.4 Å². The summed E-state index contributed by atoms with van der Waals surface area (Å²) in [6.07, 6.45) is 8.74. The van der Waals surface area contributed by atoms with Crippen molar-refractivity contribution in [1.82, 2.24) is 15.2 Å². The molecule has 1 unspecified atom stereocenters. The normalized spacial score (nSPS) is 19.1. The van der Waals surface area contributed by atoms with Crippen LogP contribution in [0.2, 0.25) is 0 Å². The molecule has 4 heteroatoms. The number of rotatable bonds is 5. The molecule has 1 aromatic heterocycles. The van der Waals surface area contributed by atoms with Crippen LogP contribution in [0.25, 0.3) is 0 Å². The van der Waals surface area contributed by atoms with Gasteiger partial charge < -0.3 is 10.2 Å². The second-order valence-electron chi connectivity index (χ2n) is 5.28. The zero-order valence-corrected chi connectivity index (χ0v) is 11.6. The van der Waals surface area contributed by atoms with Crippen LogP contribution < -0.4 is 5.32 Å². The summed E-state index contributed by atoms with van der Waals surface area (Å²) in [4.78, 5) is 18.0. The molecule has 0 aromatic carbocycles. The number of carbonyl (C=O) groups excluding carboxylic acids is 1. The molecule has 0 radical (unpaired) electrons. The Morgan fingerprint density at radius 2 is 2.42 bits per heavy atom. The zero-order valence-electron chi connectivity index (χ0n) is 11.6. The van der Waals surface area contributed by atoms with Gasteiger partial charge in [-0.3, -0.25) is 9.78 Å². The van der Waals surface area contributed by atoms with E-state index < -0.39 is 0 Å². The highest BCUT2D eigenvalue weighted by atomic mass is 16.2. The number of likely N-dealkylation sites (N-methyl/N-ethyl adjacent to an activating group) is 1. The number of amides is 1. The van der Waals surface area contributed by atoms with Gasteiger partial charge in [0.15, 0.2) is 0 Å². The Kier molecular flexibility index (Phi) is 5.33. The summed E-state index contributed by atoms with van der Waals surface area (Å²) in [5, 5.41) is 3.42. The smallest absolute Gasteiger partial charge is 0.223 e. The summed E-state index contributed by atoms with van der Waals surface area (Å²) >= 11 is 0. The van der Waals surface area contributed by atoms with Crippen molar-refractivity contribution < 1.29 is 4.79 Å². The Balaban J connectivity index is 1.72. The Labute approximate surface area is 115 Å². The number of nitrogens with zero attached hydrogens (tertiary/aromatic N) is 2. The van der Waals surface area contributed by atoms with Crippen LogP contribution in [0.5, 0.6) is 0 Å². The first-order valence-corrected chi connectivity index (χ1v) is 7.12. The van der Waals surface area contributed by atoms with Crippen LogP contribution in [-0.2, 0) is 11.2 Å². The van der Waals surface area contributed by atoms with E-state index in [2.05, 4.69) is 10.3 Å². The molecule has 0 bridgehead atoms. The lowest BCUT2D eigenvalue weighted by Gasteiger charge is -2.25. The molecule has 0 aliphatic carbocycles. The van der Waals surface area contributed by atoms with E-state index in [1.807, 2.05) is 30.3 Å². The summed E-state index contributed by atoms with van der Waals surface area (Å²) in [7, 11) is 1.89. The number of carbonyl (C=O) groups is 1. The average molecular weight is 261 g/mol. The Morgan fingerprint density at radius 1 is 1.53 bits per heavy atom. The molecular formula is C15H23N3O. The number of hydrogen-bond donors (Lipinski definition) is 1. The van der Waals surface area contributed by atoms with Gasteiger partial charge >= 0.3 is 0 Å². The second-order valence-corrected chi connectivity index (χ2v) is 5.28. The number of nitrogens with one attached hydrogen (secondary N) is 1. The van der Waals surface area contributed by atoms with E-state index in [1.165, 1.54) is 18.4 Å². The number of hydrogen-bond acceptors (Lipinski definition) is 3. The molecule has 1 fully saturated rings. The van der Waals surface area contributed by atoms with Crippen molar-refractivity contribution in [1.29, 1.82) is 0 Å². The third-order valence-electron chi connectivity index (χ3n) is 3.72. The highest BCUT2D eigenvalue weighted by molar-refractivity contribution is 5.76. The maximum absolute atomic E-state index is 12.1. The zero-order chi connectivity index (χ0) is 13.5. The van der Waals surface area contributed by atoms with E-state index in [4.69, 9.17) is 0 Å².